The second-order valence-electron chi connectivity index (χ2n) is 3.88. The average molecular weight is 260 g/mol. The van der Waals surface area contributed by atoms with Crippen LogP contribution in [0.15, 0.2) is 34.3 Å². The van der Waals surface area contributed by atoms with Crippen molar-refractivity contribution in [2.75, 3.05) is 0 Å². The predicted octanol–water partition coefficient (Wildman–Crippen LogP) is 1.74. The van der Waals surface area contributed by atoms with Gasteiger partial charge in [0.15, 0.2) is 0 Å². The van der Waals surface area contributed by atoms with Crippen molar-refractivity contribution in [1.29, 1.82) is 0 Å². The largest absolute Gasteiger partial charge is 0.477 e. The van der Waals surface area contributed by atoms with Crippen molar-refractivity contribution in [3.63, 3.8) is 0 Å². The molecule has 1 aliphatic rings. The molecule has 0 unspecified atom stereocenters. The number of fused-ring (bicyclic) bond motifs is 3. The quantitative estimate of drug-likeness (QED) is 0.816. The fourth-order valence-electron chi connectivity index (χ4n) is 1.93. The molecule has 90 valence electrons. The Kier molecular flexibility index (Phi) is 2.45. The molecule has 3 heterocycles. The van der Waals surface area contributed by atoms with Crippen LogP contribution in [0.3, 0.4) is 0 Å². The average Bonchev–Trinajstić information content (AvgIpc) is 2.37. The minimum Gasteiger partial charge on any atom is -0.477 e. The number of thioether (sulfide) groups is 1. The molecule has 0 amide bonds. The van der Waals surface area contributed by atoms with Crippen molar-refractivity contribution in [1.82, 2.24) is 9.97 Å². The summed E-state index contributed by atoms with van der Waals surface area (Å²) < 4.78 is 0. The van der Waals surface area contributed by atoms with Gasteiger partial charge in [0, 0.05) is 29.3 Å². The van der Waals surface area contributed by atoms with Crippen LogP contribution in [0, 0.1) is 0 Å². The SMILES string of the molecule is O=C(O)c1cc2c([nH]c1=O)SCc1ccncc1-2. The third-order valence-corrected chi connectivity index (χ3v) is 3.87. The standard InChI is InChI=1S/C12H8N2O3S/c15-10-8(12(16)17)3-7-9-4-13-2-1-6(9)5-18-11(7)14-10/h1-4H,5H2,(H,14,15)(H,16,17). The number of pyridine rings is 2. The highest BCUT2D eigenvalue weighted by atomic mass is 32.2. The van der Waals surface area contributed by atoms with Gasteiger partial charge < -0.3 is 10.1 Å². The maximum atomic E-state index is 11.6. The van der Waals surface area contributed by atoms with E-state index < -0.39 is 11.5 Å². The van der Waals surface area contributed by atoms with Crippen LogP contribution in [-0.4, -0.2) is 21.0 Å². The van der Waals surface area contributed by atoms with Crippen molar-refractivity contribution in [2.45, 2.75) is 10.8 Å². The monoisotopic (exact) mass is 260 g/mol. The van der Waals surface area contributed by atoms with Gasteiger partial charge in [-0.25, -0.2) is 4.79 Å². The number of carboxylic acids is 1. The van der Waals surface area contributed by atoms with Crippen LogP contribution < -0.4 is 5.56 Å². The highest BCUT2D eigenvalue weighted by Gasteiger charge is 2.21. The molecule has 0 atom stereocenters. The van der Waals surface area contributed by atoms with Gasteiger partial charge in [0.25, 0.3) is 5.56 Å². The lowest BCUT2D eigenvalue weighted by Gasteiger charge is -2.18. The van der Waals surface area contributed by atoms with Crippen molar-refractivity contribution < 1.29 is 9.90 Å². The van der Waals surface area contributed by atoms with E-state index in [-0.39, 0.29) is 5.56 Å². The molecule has 1 aliphatic heterocycles. The number of carbonyl (C=O) groups is 1. The fourth-order valence-corrected chi connectivity index (χ4v) is 2.97. The third-order valence-electron chi connectivity index (χ3n) is 2.81. The van der Waals surface area contributed by atoms with Crippen molar-refractivity contribution >= 4 is 17.7 Å². The molecule has 0 saturated heterocycles. The summed E-state index contributed by atoms with van der Waals surface area (Å²) in [6, 6.07) is 3.32. The van der Waals surface area contributed by atoms with Gasteiger partial charge in [-0.15, -0.1) is 11.8 Å². The molecule has 3 rings (SSSR count). The lowest BCUT2D eigenvalue weighted by atomic mass is 10.0. The van der Waals surface area contributed by atoms with E-state index in [2.05, 4.69) is 9.97 Å². The van der Waals surface area contributed by atoms with E-state index in [1.54, 1.807) is 12.4 Å². The number of hydrogen-bond acceptors (Lipinski definition) is 4. The van der Waals surface area contributed by atoms with Gasteiger partial charge in [0.1, 0.15) is 5.56 Å². The molecule has 6 heteroatoms. The Morgan fingerprint density at radius 1 is 1.44 bits per heavy atom. The molecule has 0 spiro atoms. The summed E-state index contributed by atoms with van der Waals surface area (Å²) in [5.74, 6) is -0.479. The first-order valence-corrected chi connectivity index (χ1v) is 6.22. The van der Waals surface area contributed by atoms with Crippen LogP contribution >= 0.6 is 11.8 Å². The van der Waals surface area contributed by atoms with Crippen LogP contribution in [0.2, 0.25) is 0 Å². The van der Waals surface area contributed by atoms with Crippen LogP contribution in [-0.2, 0) is 5.75 Å². The minimum atomic E-state index is -1.22. The summed E-state index contributed by atoms with van der Waals surface area (Å²) in [7, 11) is 0. The Bertz CT molecular complexity index is 709. The summed E-state index contributed by atoms with van der Waals surface area (Å²) in [6.07, 6.45) is 3.39. The van der Waals surface area contributed by atoms with Gasteiger partial charge >= 0.3 is 5.97 Å². The molecule has 0 aliphatic carbocycles. The fraction of sp³-hybridized carbons (Fsp3) is 0.0833. The molecular weight excluding hydrogens is 252 g/mol. The molecule has 0 bridgehead atoms. The van der Waals surface area contributed by atoms with Crippen molar-refractivity contribution in [3.8, 4) is 11.1 Å². The number of aromatic amines is 1. The Balaban J connectivity index is 2.30. The maximum Gasteiger partial charge on any atom is 0.341 e. The molecule has 18 heavy (non-hydrogen) atoms. The zero-order valence-corrected chi connectivity index (χ0v) is 9.95. The number of aromatic nitrogens is 2. The number of rotatable bonds is 1. The van der Waals surface area contributed by atoms with E-state index in [0.29, 0.717) is 5.03 Å². The van der Waals surface area contributed by atoms with Crippen LogP contribution in [0.5, 0.6) is 0 Å². The maximum absolute atomic E-state index is 11.6. The van der Waals surface area contributed by atoms with Crippen molar-refractivity contribution in [3.05, 3.63) is 46.0 Å². The number of aromatic carboxylic acids is 1. The molecule has 0 saturated carbocycles. The molecular formula is C12H8N2O3S. The number of nitrogens with zero attached hydrogens (tertiary/aromatic N) is 1. The molecule has 2 aromatic heterocycles. The Morgan fingerprint density at radius 3 is 3.06 bits per heavy atom. The zero-order chi connectivity index (χ0) is 12.7. The second kappa shape index (κ2) is 3.99. The van der Waals surface area contributed by atoms with E-state index in [1.165, 1.54) is 17.8 Å². The molecule has 0 aromatic carbocycles. The molecule has 2 N–H and O–H groups in total. The van der Waals surface area contributed by atoms with Gasteiger partial charge in [0.2, 0.25) is 0 Å². The summed E-state index contributed by atoms with van der Waals surface area (Å²) in [5.41, 5.74) is 1.88. The predicted molar refractivity (Wildman–Crippen MR) is 66.8 cm³/mol. The third kappa shape index (κ3) is 1.62. The van der Waals surface area contributed by atoms with Gasteiger partial charge in [-0.05, 0) is 17.7 Å². The van der Waals surface area contributed by atoms with E-state index in [1.807, 2.05) is 6.07 Å². The van der Waals surface area contributed by atoms with E-state index in [4.69, 9.17) is 5.11 Å². The topological polar surface area (TPSA) is 83.0 Å². The smallest absolute Gasteiger partial charge is 0.341 e. The highest BCUT2D eigenvalue weighted by Crippen LogP contribution is 2.39. The van der Waals surface area contributed by atoms with E-state index >= 15 is 0 Å². The molecule has 5 nitrogen and oxygen atoms in total. The second-order valence-corrected chi connectivity index (χ2v) is 4.87. The van der Waals surface area contributed by atoms with Gasteiger partial charge in [-0.2, -0.15) is 0 Å². The number of nitrogens with one attached hydrogen (secondary N) is 1. The van der Waals surface area contributed by atoms with E-state index in [9.17, 15) is 9.59 Å². The summed E-state index contributed by atoms with van der Waals surface area (Å²) in [5, 5.41) is 9.67. The normalized spacial score (nSPS) is 12.7. The van der Waals surface area contributed by atoms with Crippen molar-refractivity contribution in [2.24, 2.45) is 0 Å². The summed E-state index contributed by atoms with van der Waals surface area (Å²) in [4.78, 5) is 29.2. The summed E-state index contributed by atoms with van der Waals surface area (Å²) in [6.45, 7) is 0. The lowest BCUT2D eigenvalue weighted by molar-refractivity contribution is 0.0695. The molecule has 0 radical (unpaired) electrons. The van der Waals surface area contributed by atoms with Gasteiger partial charge in [-0.3, -0.25) is 9.78 Å². The van der Waals surface area contributed by atoms with E-state index in [0.717, 1.165) is 22.4 Å². The molecule has 0 fully saturated rings. The Morgan fingerprint density at radius 2 is 2.28 bits per heavy atom. The Labute approximate surface area is 106 Å². The molecule has 2 aromatic rings. The first kappa shape index (κ1) is 11.0. The minimum absolute atomic E-state index is 0.244. The van der Waals surface area contributed by atoms with Crippen LogP contribution in [0.4, 0.5) is 0 Å². The first-order chi connectivity index (χ1) is 8.66. The van der Waals surface area contributed by atoms with Gasteiger partial charge in [0.05, 0.1) is 5.03 Å². The number of hydrogen-bond donors (Lipinski definition) is 2. The highest BCUT2D eigenvalue weighted by molar-refractivity contribution is 7.98. The van der Waals surface area contributed by atoms with Crippen LogP contribution in [0.1, 0.15) is 15.9 Å². The number of carboxylic acid groups (broad SMARTS) is 1. The number of H-pyrrole nitrogens is 1. The zero-order valence-electron chi connectivity index (χ0n) is 9.14. The van der Waals surface area contributed by atoms with Crippen LogP contribution in [0.25, 0.3) is 11.1 Å². The lowest BCUT2D eigenvalue weighted by Crippen LogP contribution is -2.19. The van der Waals surface area contributed by atoms with Gasteiger partial charge in [-0.1, -0.05) is 0 Å². The first-order valence-electron chi connectivity index (χ1n) is 5.23. The Hall–Kier alpha value is -2.08. The summed E-state index contributed by atoms with van der Waals surface area (Å²) >= 11 is 1.49.